The first-order valence-corrected chi connectivity index (χ1v) is 5.21. The number of carbonyl (C=O) groups excluding carboxylic acids is 2. The van der Waals surface area contributed by atoms with Crippen LogP contribution in [0.25, 0.3) is 0 Å². The molecular weight excluding hydrogens is 220 g/mol. The Balaban J connectivity index is 2.69. The first-order valence-electron chi connectivity index (χ1n) is 5.21. The summed E-state index contributed by atoms with van der Waals surface area (Å²) in [6, 6.07) is 5.60. The van der Waals surface area contributed by atoms with Gasteiger partial charge in [-0.2, -0.15) is 0 Å². The van der Waals surface area contributed by atoms with Crippen molar-refractivity contribution in [3.63, 3.8) is 0 Å². The molecule has 1 aromatic carbocycles. The predicted octanol–water partition coefficient (Wildman–Crippen LogP) is 0.148. The van der Waals surface area contributed by atoms with Crippen LogP contribution in [-0.4, -0.2) is 25.5 Å². The number of nitrogens with one attached hydrogen (secondary N) is 1. The number of nitrogens with two attached hydrogens (primary N) is 1. The predicted molar refractivity (Wildman–Crippen MR) is 63.6 cm³/mol. The Bertz CT molecular complexity index is 430. The zero-order valence-electron chi connectivity index (χ0n) is 9.95. The molecule has 17 heavy (non-hydrogen) atoms. The smallest absolute Gasteiger partial charge is 0.236 e. The van der Waals surface area contributed by atoms with Crippen molar-refractivity contribution in [2.24, 2.45) is 5.73 Å². The summed E-state index contributed by atoms with van der Waals surface area (Å²) >= 11 is 0. The fourth-order valence-corrected chi connectivity index (χ4v) is 1.47. The van der Waals surface area contributed by atoms with Gasteiger partial charge >= 0.3 is 0 Å². The van der Waals surface area contributed by atoms with E-state index >= 15 is 0 Å². The van der Waals surface area contributed by atoms with Crippen molar-refractivity contribution in [1.29, 1.82) is 0 Å². The van der Waals surface area contributed by atoms with E-state index in [1.165, 1.54) is 0 Å². The molecular formula is C12H16N2O3. The van der Waals surface area contributed by atoms with E-state index < -0.39 is 5.91 Å². The molecule has 0 aliphatic heterocycles. The third-order valence-corrected chi connectivity index (χ3v) is 2.25. The van der Waals surface area contributed by atoms with Crippen LogP contribution in [0.4, 0.5) is 0 Å². The summed E-state index contributed by atoms with van der Waals surface area (Å²) in [5.41, 5.74) is 6.77. The van der Waals surface area contributed by atoms with Gasteiger partial charge in [-0.25, -0.2) is 0 Å². The van der Waals surface area contributed by atoms with Crippen molar-refractivity contribution in [1.82, 2.24) is 5.32 Å². The second kappa shape index (κ2) is 5.89. The highest BCUT2D eigenvalue weighted by Gasteiger charge is 2.09. The Kier molecular flexibility index (Phi) is 4.51. The van der Waals surface area contributed by atoms with Crippen LogP contribution < -0.4 is 15.8 Å². The lowest BCUT2D eigenvalue weighted by molar-refractivity contribution is -0.124. The molecule has 0 bridgehead atoms. The van der Waals surface area contributed by atoms with E-state index in [1.807, 2.05) is 25.1 Å². The molecule has 0 atom stereocenters. The number of benzene rings is 1. The Morgan fingerprint density at radius 2 is 2.12 bits per heavy atom. The van der Waals surface area contributed by atoms with E-state index in [4.69, 9.17) is 10.5 Å². The third-order valence-electron chi connectivity index (χ3n) is 2.25. The molecule has 0 spiro atoms. The number of rotatable bonds is 5. The average Bonchev–Trinajstić information content (AvgIpc) is 2.27. The molecule has 0 saturated heterocycles. The van der Waals surface area contributed by atoms with Crippen LogP contribution in [0.3, 0.4) is 0 Å². The molecule has 0 aliphatic rings. The maximum Gasteiger partial charge on any atom is 0.236 e. The summed E-state index contributed by atoms with van der Waals surface area (Å²) in [5.74, 6) is -0.160. The number of carbonyl (C=O) groups is 2. The number of aryl methyl sites for hydroxylation is 1. The van der Waals surface area contributed by atoms with Gasteiger partial charge in [0.2, 0.25) is 11.8 Å². The third kappa shape index (κ3) is 4.14. The van der Waals surface area contributed by atoms with E-state index in [1.54, 1.807) is 7.11 Å². The van der Waals surface area contributed by atoms with Crippen LogP contribution in [0, 0.1) is 6.92 Å². The normalized spacial score (nSPS) is 9.76. The molecule has 1 aromatic rings. The number of methoxy groups -OCH3 is 1. The zero-order valence-corrected chi connectivity index (χ0v) is 9.95. The van der Waals surface area contributed by atoms with Gasteiger partial charge in [-0.1, -0.05) is 17.7 Å². The summed E-state index contributed by atoms with van der Waals surface area (Å²) in [6.45, 7) is 1.79. The zero-order chi connectivity index (χ0) is 12.8. The molecule has 0 unspecified atom stereocenters. The summed E-state index contributed by atoms with van der Waals surface area (Å²) < 4.78 is 5.16. The van der Waals surface area contributed by atoms with Crippen molar-refractivity contribution >= 4 is 11.8 Å². The van der Waals surface area contributed by atoms with Crippen molar-refractivity contribution in [3.05, 3.63) is 29.3 Å². The molecule has 1 rings (SSSR count). The number of amides is 2. The molecule has 0 fully saturated rings. The highest BCUT2D eigenvalue weighted by atomic mass is 16.5. The van der Waals surface area contributed by atoms with Gasteiger partial charge < -0.3 is 15.8 Å². The molecule has 92 valence electrons. The Morgan fingerprint density at radius 1 is 1.41 bits per heavy atom. The van der Waals surface area contributed by atoms with E-state index in [9.17, 15) is 9.59 Å². The molecule has 0 saturated carbocycles. The largest absolute Gasteiger partial charge is 0.496 e. The van der Waals surface area contributed by atoms with E-state index in [0.29, 0.717) is 5.75 Å². The van der Waals surface area contributed by atoms with Crippen molar-refractivity contribution in [2.75, 3.05) is 13.7 Å². The van der Waals surface area contributed by atoms with Gasteiger partial charge in [-0.05, 0) is 13.0 Å². The minimum Gasteiger partial charge on any atom is -0.496 e. The molecule has 0 aliphatic carbocycles. The lowest BCUT2D eigenvalue weighted by Crippen LogP contribution is -2.34. The topological polar surface area (TPSA) is 81.4 Å². The number of primary amides is 1. The van der Waals surface area contributed by atoms with Gasteiger partial charge in [0.05, 0.1) is 20.1 Å². The van der Waals surface area contributed by atoms with E-state index in [-0.39, 0.29) is 18.9 Å². The molecule has 2 amide bonds. The van der Waals surface area contributed by atoms with Crippen LogP contribution in [0.2, 0.25) is 0 Å². The molecule has 0 heterocycles. The van der Waals surface area contributed by atoms with Crippen molar-refractivity contribution in [2.45, 2.75) is 13.3 Å². The summed E-state index contributed by atoms with van der Waals surface area (Å²) in [4.78, 5) is 22.0. The molecule has 3 N–H and O–H groups in total. The van der Waals surface area contributed by atoms with Gasteiger partial charge in [0.25, 0.3) is 0 Å². The maximum atomic E-state index is 11.5. The second-order valence-corrected chi connectivity index (χ2v) is 3.74. The van der Waals surface area contributed by atoms with Gasteiger partial charge in [0.1, 0.15) is 5.75 Å². The minimum absolute atomic E-state index is 0.146. The monoisotopic (exact) mass is 236 g/mol. The van der Waals surface area contributed by atoms with Crippen LogP contribution in [0.1, 0.15) is 11.1 Å². The quantitative estimate of drug-likeness (QED) is 0.763. The number of hydrogen-bond acceptors (Lipinski definition) is 3. The first kappa shape index (κ1) is 13.0. The van der Waals surface area contributed by atoms with Gasteiger partial charge in [0, 0.05) is 5.56 Å². The van der Waals surface area contributed by atoms with Gasteiger partial charge in [-0.3, -0.25) is 9.59 Å². The Labute approximate surface area is 99.9 Å². The lowest BCUT2D eigenvalue weighted by Gasteiger charge is -2.09. The molecule has 5 nitrogen and oxygen atoms in total. The van der Waals surface area contributed by atoms with Crippen LogP contribution in [0.5, 0.6) is 5.75 Å². The first-order chi connectivity index (χ1) is 8.02. The van der Waals surface area contributed by atoms with Crippen LogP contribution in [0.15, 0.2) is 18.2 Å². The Morgan fingerprint density at radius 3 is 2.71 bits per heavy atom. The highest BCUT2D eigenvalue weighted by Crippen LogP contribution is 2.19. The fourth-order valence-electron chi connectivity index (χ4n) is 1.47. The van der Waals surface area contributed by atoms with Crippen LogP contribution >= 0.6 is 0 Å². The SMILES string of the molecule is COc1ccc(C)cc1CC(=O)NCC(N)=O. The Hall–Kier alpha value is -2.04. The number of hydrogen-bond donors (Lipinski definition) is 2. The van der Waals surface area contributed by atoms with Crippen LogP contribution in [-0.2, 0) is 16.0 Å². The summed E-state index contributed by atoms with van der Waals surface area (Å²) in [5, 5.41) is 2.43. The van der Waals surface area contributed by atoms with Gasteiger partial charge in [-0.15, -0.1) is 0 Å². The fraction of sp³-hybridized carbons (Fsp3) is 0.333. The average molecular weight is 236 g/mol. The van der Waals surface area contributed by atoms with E-state index in [2.05, 4.69) is 5.32 Å². The van der Waals surface area contributed by atoms with Crippen molar-refractivity contribution < 1.29 is 14.3 Å². The summed E-state index contributed by atoms with van der Waals surface area (Å²) in [7, 11) is 1.55. The maximum absolute atomic E-state index is 11.5. The standard InChI is InChI=1S/C12H16N2O3/c1-8-3-4-10(17-2)9(5-8)6-12(16)14-7-11(13)15/h3-5H,6-7H2,1-2H3,(H2,13,15)(H,14,16). The highest BCUT2D eigenvalue weighted by molar-refractivity contribution is 5.85. The molecule has 0 radical (unpaired) electrons. The second-order valence-electron chi connectivity index (χ2n) is 3.74. The molecule has 0 aromatic heterocycles. The van der Waals surface area contributed by atoms with Gasteiger partial charge in [0.15, 0.2) is 0 Å². The minimum atomic E-state index is -0.561. The van der Waals surface area contributed by atoms with Crippen molar-refractivity contribution in [3.8, 4) is 5.75 Å². The lowest BCUT2D eigenvalue weighted by atomic mass is 10.1. The van der Waals surface area contributed by atoms with E-state index in [0.717, 1.165) is 11.1 Å². The number of ether oxygens (including phenoxy) is 1. The summed E-state index contributed by atoms with van der Waals surface area (Å²) in [6.07, 6.45) is 0.165. The molecule has 5 heteroatoms.